The van der Waals surface area contributed by atoms with Gasteiger partial charge in [-0.3, -0.25) is 4.79 Å². The number of carbonyl (C=O) groups excluding carboxylic acids is 1. The van der Waals surface area contributed by atoms with Gasteiger partial charge in [0.2, 0.25) is 5.91 Å². The largest absolute Gasteiger partial charge is 0.409 e. The first-order valence-corrected chi connectivity index (χ1v) is 6.34. The second-order valence-corrected chi connectivity index (χ2v) is 5.09. The zero-order valence-electron chi connectivity index (χ0n) is 10.6. The number of carbonyl (C=O) groups is 1. The molecule has 98 valence electrons. The normalized spacial score (nSPS) is 20.3. The van der Waals surface area contributed by atoms with Crippen LogP contribution in [0.1, 0.15) is 46.0 Å². The van der Waals surface area contributed by atoms with Crippen LogP contribution in [-0.2, 0) is 4.79 Å². The van der Waals surface area contributed by atoms with Crippen molar-refractivity contribution in [1.29, 1.82) is 0 Å². The average molecular weight is 241 g/mol. The van der Waals surface area contributed by atoms with Crippen LogP contribution in [0.15, 0.2) is 5.16 Å². The van der Waals surface area contributed by atoms with Crippen LogP contribution in [0.2, 0.25) is 0 Å². The summed E-state index contributed by atoms with van der Waals surface area (Å²) in [5, 5.41) is 14.7. The van der Waals surface area contributed by atoms with Gasteiger partial charge in [0.05, 0.1) is 0 Å². The molecule has 0 bridgehead atoms. The van der Waals surface area contributed by atoms with Crippen molar-refractivity contribution in [3.8, 4) is 0 Å². The van der Waals surface area contributed by atoms with Gasteiger partial charge in [-0.05, 0) is 18.8 Å². The van der Waals surface area contributed by atoms with E-state index < -0.39 is 5.92 Å². The standard InChI is InChI=1S/C12H23N3O2/c1-8(2)10(11(13)15-17)12(16)14-9-6-4-3-5-7-9/h8-10,17H,3-7H2,1-2H3,(H2,13,15)(H,14,16). The highest BCUT2D eigenvalue weighted by molar-refractivity contribution is 6.02. The quantitative estimate of drug-likeness (QED) is 0.301. The number of nitrogens with two attached hydrogens (primary N) is 1. The second kappa shape index (κ2) is 6.47. The SMILES string of the molecule is CC(C)C(C(=O)NC1CCCCC1)C(N)=NO. The Labute approximate surface area is 102 Å². The Hall–Kier alpha value is -1.26. The molecule has 0 heterocycles. The average Bonchev–Trinajstić information content (AvgIpc) is 2.29. The molecule has 0 aromatic rings. The lowest BCUT2D eigenvalue weighted by Gasteiger charge is -2.26. The molecule has 1 amide bonds. The Morgan fingerprint density at radius 2 is 1.94 bits per heavy atom. The van der Waals surface area contributed by atoms with Gasteiger partial charge < -0.3 is 16.3 Å². The minimum Gasteiger partial charge on any atom is -0.409 e. The van der Waals surface area contributed by atoms with Gasteiger partial charge in [0.1, 0.15) is 5.92 Å². The Bertz CT molecular complexity index is 283. The van der Waals surface area contributed by atoms with Crippen molar-refractivity contribution in [3.05, 3.63) is 0 Å². The molecular weight excluding hydrogens is 218 g/mol. The number of nitrogens with zero attached hydrogens (tertiary/aromatic N) is 1. The van der Waals surface area contributed by atoms with Crippen LogP contribution < -0.4 is 11.1 Å². The van der Waals surface area contributed by atoms with E-state index in [1.807, 2.05) is 13.8 Å². The molecule has 0 spiro atoms. The minimum absolute atomic E-state index is 0.00619. The van der Waals surface area contributed by atoms with E-state index in [0.29, 0.717) is 0 Å². The first-order valence-electron chi connectivity index (χ1n) is 6.34. The molecule has 0 aliphatic heterocycles. The Morgan fingerprint density at radius 3 is 2.41 bits per heavy atom. The summed E-state index contributed by atoms with van der Waals surface area (Å²) in [5.74, 6) is -0.646. The second-order valence-electron chi connectivity index (χ2n) is 5.09. The monoisotopic (exact) mass is 241 g/mol. The summed E-state index contributed by atoms with van der Waals surface area (Å²) in [6, 6.07) is 0.254. The molecule has 0 aromatic carbocycles. The van der Waals surface area contributed by atoms with Crippen LogP contribution in [0.5, 0.6) is 0 Å². The van der Waals surface area contributed by atoms with Crippen LogP contribution in [0.25, 0.3) is 0 Å². The number of oxime groups is 1. The molecule has 1 aliphatic carbocycles. The summed E-state index contributed by atoms with van der Waals surface area (Å²) in [6.45, 7) is 3.78. The van der Waals surface area contributed by atoms with Gasteiger partial charge in [0, 0.05) is 6.04 Å². The fraction of sp³-hybridized carbons (Fsp3) is 0.833. The molecule has 1 rings (SSSR count). The molecule has 1 unspecified atom stereocenters. The van der Waals surface area contributed by atoms with E-state index >= 15 is 0 Å². The van der Waals surface area contributed by atoms with Gasteiger partial charge in [-0.2, -0.15) is 0 Å². The Balaban J connectivity index is 2.58. The molecule has 17 heavy (non-hydrogen) atoms. The molecule has 5 heteroatoms. The Kier molecular flexibility index (Phi) is 5.25. The van der Waals surface area contributed by atoms with E-state index in [2.05, 4.69) is 10.5 Å². The Morgan fingerprint density at radius 1 is 1.35 bits per heavy atom. The van der Waals surface area contributed by atoms with E-state index in [-0.39, 0.29) is 23.7 Å². The van der Waals surface area contributed by atoms with Crippen molar-refractivity contribution in [1.82, 2.24) is 5.32 Å². The van der Waals surface area contributed by atoms with Crippen molar-refractivity contribution in [3.63, 3.8) is 0 Å². The lowest BCUT2D eigenvalue weighted by molar-refractivity contribution is -0.125. The van der Waals surface area contributed by atoms with Gasteiger partial charge in [0.25, 0.3) is 0 Å². The molecule has 1 atom stereocenters. The first kappa shape index (κ1) is 13.8. The lowest BCUT2D eigenvalue weighted by Crippen LogP contribution is -2.46. The van der Waals surface area contributed by atoms with Gasteiger partial charge in [-0.15, -0.1) is 0 Å². The van der Waals surface area contributed by atoms with Gasteiger partial charge in [0.15, 0.2) is 5.84 Å². The predicted molar refractivity (Wildman–Crippen MR) is 66.8 cm³/mol. The number of hydrogen-bond acceptors (Lipinski definition) is 3. The van der Waals surface area contributed by atoms with E-state index in [1.165, 1.54) is 19.3 Å². The molecule has 5 nitrogen and oxygen atoms in total. The molecule has 1 aliphatic rings. The summed E-state index contributed by atoms with van der Waals surface area (Å²) >= 11 is 0. The first-order chi connectivity index (χ1) is 8.06. The van der Waals surface area contributed by atoms with Gasteiger partial charge >= 0.3 is 0 Å². The van der Waals surface area contributed by atoms with Crippen molar-refractivity contribution < 1.29 is 10.0 Å². The van der Waals surface area contributed by atoms with Crippen LogP contribution in [-0.4, -0.2) is 23.0 Å². The fourth-order valence-electron chi connectivity index (χ4n) is 2.38. The topological polar surface area (TPSA) is 87.7 Å². The van der Waals surface area contributed by atoms with Crippen molar-refractivity contribution in [2.45, 2.75) is 52.0 Å². The number of amides is 1. The maximum atomic E-state index is 12.1. The zero-order valence-corrected chi connectivity index (χ0v) is 10.6. The highest BCUT2D eigenvalue weighted by Gasteiger charge is 2.28. The molecule has 0 saturated heterocycles. The van der Waals surface area contributed by atoms with Crippen LogP contribution in [0.3, 0.4) is 0 Å². The number of nitrogens with one attached hydrogen (secondary N) is 1. The van der Waals surface area contributed by atoms with Crippen LogP contribution in [0.4, 0.5) is 0 Å². The molecule has 1 saturated carbocycles. The molecule has 0 radical (unpaired) electrons. The molecule has 0 aromatic heterocycles. The van der Waals surface area contributed by atoms with Crippen LogP contribution in [0, 0.1) is 11.8 Å². The zero-order chi connectivity index (χ0) is 12.8. The smallest absolute Gasteiger partial charge is 0.231 e. The summed E-state index contributed by atoms with van der Waals surface area (Å²) in [4.78, 5) is 12.1. The van der Waals surface area contributed by atoms with Crippen molar-refractivity contribution in [2.75, 3.05) is 0 Å². The maximum Gasteiger partial charge on any atom is 0.231 e. The molecule has 4 N–H and O–H groups in total. The fourth-order valence-corrected chi connectivity index (χ4v) is 2.38. The van der Waals surface area contributed by atoms with E-state index in [0.717, 1.165) is 12.8 Å². The van der Waals surface area contributed by atoms with Crippen molar-refractivity contribution >= 4 is 11.7 Å². The maximum absolute atomic E-state index is 12.1. The molecule has 1 fully saturated rings. The third-order valence-electron chi connectivity index (χ3n) is 3.33. The van der Waals surface area contributed by atoms with Crippen molar-refractivity contribution in [2.24, 2.45) is 22.7 Å². The third kappa shape index (κ3) is 3.91. The summed E-state index contributed by atoms with van der Waals surface area (Å²) in [5.41, 5.74) is 5.56. The van der Waals surface area contributed by atoms with E-state index in [9.17, 15) is 4.79 Å². The minimum atomic E-state index is -0.540. The lowest BCUT2D eigenvalue weighted by atomic mass is 9.91. The predicted octanol–water partition coefficient (Wildman–Crippen LogP) is 1.45. The number of rotatable bonds is 4. The summed E-state index contributed by atoms with van der Waals surface area (Å²) in [7, 11) is 0. The highest BCUT2D eigenvalue weighted by Crippen LogP contribution is 2.19. The number of hydrogen-bond donors (Lipinski definition) is 3. The van der Waals surface area contributed by atoms with Crippen LogP contribution >= 0.6 is 0 Å². The van der Waals surface area contributed by atoms with Gasteiger partial charge in [-0.1, -0.05) is 38.3 Å². The molecular formula is C12H23N3O2. The highest BCUT2D eigenvalue weighted by atomic mass is 16.4. The van der Waals surface area contributed by atoms with E-state index in [4.69, 9.17) is 10.9 Å². The van der Waals surface area contributed by atoms with E-state index in [1.54, 1.807) is 0 Å². The summed E-state index contributed by atoms with van der Waals surface area (Å²) in [6.07, 6.45) is 5.65. The third-order valence-corrected chi connectivity index (χ3v) is 3.33. The number of amidine groups is 1. The summed E-state index contributed by atoms with van der Waals surface area (Å²) < 4.78 is 0. The van der Waals surface area contributed by atoms with Gasteiger partial charge in [-0.25, -0.2) is 0 Å².